The fraction of sp³-hybridized carbons (Fsp3) is 0.682. The van der Waals surface area contributed by atoms with Gasteiger partial charge in [-0.3, -0.25) is 0 Å². The maximum atomic E-state index is 10.4. The third kappa shape index (κ3) is 6.00. The van der Waals surface area contributed by atoms with Crippen LogP contribution >= 0.6 is 0 Å². The SMILES string of the molecule is CC(C)(C)CC(C)(C)c1ccc(O)c(C[NH+]2CC[NH+](CCC#N)CC2)c1. The van der Waals surface area contributed by atoms with Crippen LogP contribution < -0.4 is 9.80 Å². The highest BCUT2D eigenvalue weighted by Gasteiger charge is 2.29. The number of hydrogen-bond acceptors (Lipinski definition) is 2. The van der Waals surface area contributed by atoms with E-state index in [1.807, 2.05) is 6.07 Å². The Bertz CT molecular complexity index is 632. The summed E-state index contributed by atoms with van der Waals surface area (Å²) < 4.78 is 0. The molecule has 26 heavy (non-hydrogen) atoms. The number of benzene rings is 1. The summed E-state index contributed by atoms with van der Waals surface area (Å²) in [4.78, 5) is 3.08. The molecule has 0 unspecified atom stereocenters. The second-order valence-electron chi connectivity index (χ2n) is 9.80. The first-order chi connectivity index (χ1) is 12.1. The number of nitriles is 1. The van der Waals surface area contributed by atoms with E-state index in [2.05, 4.69) is 52.8 Å². The quantitative estimate of drug-likeness (QED) is 0.717. The molecule has 4 nitrogen and oxygen atoms in total. The van der Waals surface area contributed by atoms with E-state index in [0.29, 0.717) is 12.2 Å². The lowest BCUT2D eigenvalue weighted by Crippen LogP contribution is -3.27. The topological polar surface area (TPSA) is 52.9 Å². The third-order valence-corrected chi connectivity index (χ3v) is 5.53. The van der Waals surface area contributed by atoms with Crippen LogP contribution in [0.25, 0.3) is 0 Å². The Balaban J connectivity index is 2.03. The molecule has 0 radical (unpaired) electrons. The van der Waals surface area contributed by atoms with E-state index in [1.54, 1.807) is 4.90 Å². The summed E-state index contributed by atoms with van der Waals surface area (Å²) in [5.74, 6) is 0.423. The first-order valence-corrected chi connectivity index (χ1v) is 9.97. The van der Waals surface area contributed by atoms with Crippen molar-refractivity contribution in [1.82, 2.24) is 0 Å². The third-order valence-electron chi connectivity index (χ3n) is 5.53. The van der Waals surface area contributed by atoms with Crippen molar-refractivity contribution >= 4 is 0 Å². The summed E-state index contributed by atoms with van der Waals surface area (Å²) >= 11 is 0. The predicted molar refractivity (Wildman–Crippen MR) is 105 cm³/mol. The largest absolute Gasteiger partial charge is 0.507 e. The molecule has 1 saturated heterocycles. The van der Waals surface area contributed by atoms with E-state index in [9.17, 15) is 5.11 Å². The number of nitrogens with one attached hydrogen (secondary N) is 2. The number of rotatable bonds is 6. The maximum absolute atomic E-state index is 10.4. The second kappa shape index (κ2) is 8.41. The Morgan fingerprint density at radius 1 is 1.04 bits per heavy atom. The highest BCUT2D eigenvalue weighted by molar-refractivity contribution is 5.38. The number of hydrogen-bond donors (Lipinski definition) is 3. The van der Waals surface area contributed by atoms with Crippen molar-refractivity contribution in [3.63, 3.8) is 0 Å². The number of aromatic hydroxyl groups is 1. The first-order valence-electron chi connectivity index (χ1n) is 9.97. The van der Waals surface area contributed by atoms with E-state index in [4.69, 9.17) is 5.26 Å². The van der Waals surface area contributed by atoms with Gasteiger partial charge in [-0.05, 0) is 34.9 Å². The fourth-order valence-electron chi connectivity index (χ4n) is 4.46. The van der Waals surface area contributed by atoms with Gasteiger partial charge in [0.25, 0.3) is 0 Å². The molecule has 3 N–H and O–H groups in total. The van der Waals surface area contributed by atoms with Crippen LogP contribution in [0.3, 0.4) is 0 Å². The van der Waals surface area contributed by atoms with Crippen LogP contribution in [0.2, 0.25) is 0 Å². The van der Waals surface area contributed by atoms with Gasteiger partial charge >= 0.3 is 0 Å². The molecule has 0 saturated carbocycles. The van der Waals surface area contributed by atoms with Gasteiger partial charge in [0.05, 0.1) is 19.0 Å². The van der Waals surface area contributed by atoms with Crippen molar-refractivity contribution in [2.24, 2.45) is 5.41 Å². The van der Waals surface area contributed by atoms with Gasteiger partial charge in [-0.25, -0.2) is 0 Å². The standard InChI is InChI=1S/C22H35N3O/c1-21(2,3)17-22(4,5)19-7-8-20(26)18(15-19)16-25-13-11-24(12-14-25)10-6-9-23/h7-8,15,26H,6,10-14,16-17H2,1-5H3/p+2. The van der Waals surface area contributed by atoms with Crippen molar-refractivity contribution in [3.05, 3.63) is 29.3 Å². The number of quaternary nitrogens is 2. The average molecular weight is 360 g/mol. The molecule has 1 fully saturated rings. The molecule has 1 heterocycles. The van der Waals surface area contributed by atoms with Crippen molar-refractivity contribution in [2.45, 2.75) is 59.4 Å². The van der Waals surface area contributed by atoms with Gasteiger partial charge in [0.15, 0.2) is 0 Å². The molecule has 0 amide bonds. The molecule has 1 aromatic carbocycles. The summed E-state index contributed by atoms with van der Waals surface area (Å²) in [6, 6.07) is 8.44. The molecular formula is C22H37N3O+2. The molecule has 0 bridgehead atoms. The molecule has 1 aliphatic heterocycles. The van der Waals surface area contributed by atoms with Crippen LogP contribution in [0.15, 0.2) is 18.2 Å². The van der Waals surface area contributed by atoms with E-state index in [1.165, 1.54) is 10.5 Å². The summed E-state index contributed by atoms with van der Waals surface area (Å²) in [5.41, 5.74) is 2.75. The minimum Gasteiger partial charge on any atom is -0.507 e. The van der Waals surface area contributed by atoms with Crippen LogP contribution in [0.4, 0.5) is 0 Å². The lowest BCUT2D eigenvalue weighted by atomic mass is 9.72. The highest BCUT2D eigenvalue weighted by atomic mass is 16.3. The molecule has 1 aliphatic rings. The summed E-state index contributed by atoms with van der Waals surface area (Å²) in [7, 11) is 0. The Hall–Kier alpha value is -1.57. The van der Waals surface area contributed by atoms with Crippen LogP contribution in [0.1, 0.15) is 58.6 Å². The molecule has 0 atom stereocenters. The number of nitrogens with zero attached hydrogens (tertiary/aromatic N) is 1. The van der Waals surface area contributed by atoms with Crippen molar-refractivity contribution < 1.29 is 14.9 Å². The molecule has 144 valence electrons. The molecular weight excluding hydrogens is 322 g/mol. The van der Waals surface area contributed by atoms with Gasteiger partial charge in [0.1, 0.15) is 38.5 Å². The molecule has 4 heteroatoms. The Morgan fingerprint density at radius 3 is 2.23 bits per heavy atom. The summed E-state index contributed by atoms with van der Waals surface area (Å²) in [6.07, 6.45) is 1.76. The van der Waals surface area contributed by atoms with Crippen molar-refractivity contribution in [3.8, 4) is 11.8 Å². The lowest BCUT2D eigenvalue weighted by Gasteiger charge is -2.33. The van der Waals surface area contributed by atoms with Crippen LogP contribution in [-0.2, 0) is 12.0 Å². The Labute approximate surface area is 159 Å². The van der Waals surface area contributed by atoms with Gasteiger partial charge < -0.3 is 14.9 Å². The zero-order chi connectivity index (χ0) is 19.4. The first kappa shape index (κ1) is 20.7. The zero-order valence-corrected chi connectivity index (χ0v) is 17.3. The minimum absolute atomic E-state index is 0.0934. The summed E-state index contributed by atoms with van der Waals surface area (Å²) in [5, 5.41) is 19.1. The van der Waals surface area contributed by atoms with Crippen LogP contribution in [0.5, 0.6) is 5.75 Å². The van der Waals surface area contributed by atoms with Crippen molar-refractivity contribution in [1.29, 1.82) is 5.26 Å². The van der Waals surface area contributed by atoms with Gasteiger partial charge in [-0.1, -0.05) is 40.7 Å². The zero-order valence-electron chi connectivity index (χ0n) is 17.3. The minimum atomic E-state index is 0.0934. The number of piperazine rings is 1. The maximum Gasteiger partial charge on any atom is 0.127 e. The van der Waals surface area contributed by atoms with E-state index in [0.717, 1.165) is 51.3 Å². The van der Waals surface area contributed by atoms with Gasteiger partial charge in [-0.2, -0.15) is 5.26 Å². The monoisotopic (exact) mass is 359 g/mol. The van der Waals surface area contributed by atoms with Crippen LogP contribution in [-0.4, -0.2) is 37.8 Å². The number of phenolic OH excluding ortho intramolecular Hbond substituents is 1. The molecule has 0 spiro atoms. The van der Waals surface area contributed by atoms with Crippen LogP contribution in [0, 0.1) is 16.7 Å². The molecule has 0 aliphatic carbocycles. The fourth-order valence-corrected chi connectivity index (χ4v) is 4.46. The predicted octanol–water partition coefficient (Wildman–Crippen LogP) is 1.30. The smallest absolute Gasteiger partial charge is 0.127 e. The van der Waals surface area contributed by atoms with Gasteiger partial charge in [0, 0.05) is 5.56 Å². The Morgan fingerprint density at radius 2 is 1.65 bits per heavy atom. The molecule has 1 aromatic rings. The van der Waals surface area contributed by atoms with Gasteiger partial charge in [0.2, 0.25) is 0 Å². The second-order valence-corrected chi connectivity index (χ2v) is 9.80. The Kier molecular flexibility index (Phi) is 6.71. The molecule has 2 rings (SSSR count). The molecule has 0 aromatic heterocycles. The lowest BCUT2D eigenvalue weighted by molar-refractivity contribution is -1.02. The van der Waals surface area contributed by atoms with Gasteiger partial charge in [-0.15, -0.1) is 0 Å². The average Bonchev–Trinajstić information content (AvgIpc) is 2.54. The summed E-state index contributed by atoms with van der Waals surface area (Å²) in [6.45, 7) is 17.8. The van der Waals surface area contributed by atoms with E-state index < -0.39 is 0 Å². The normalized spacial score (nSPS) is 21.4. The highest BCUT2D eigenvalue weighted by Crippen LogP contribution is 2.37. The van der Waals surface area contributed by atoms with E-state index in [-0.39, 0.29) is 10.8 Å². The van der Waals surface area contributed by atoms with Crippen molar-refractivity contribution in [2.75, 3.05) is 32.7 Å². The number of phenols is 1. The van der Waals surface area contributed by atoms with E-state index >= 15 is 0 Å².